The second kappa shape index (κ2) is 5.27. The lowest BCUT2D eigenvalue weighted by Gasteiger charge is -2.18. The van der Waals surface area contributed by atoms with Gasteiger partial charge in [-0.2, -0.15) is 0 Å². The van der Waals surface area contributed by atoms with Gasteiger partial charge in [0.15, 0.2) is 5.75 Å². The monoisotopic (exact) mass is 290 g/mol. The van der Waals surface area contributed by atoms with E-state index in [1.54, 1.807) is 0 Å². The van der Waals surface area contributed by atoms with Crippen molar-refractivity contribution in [2.24, 2.45) is 11.8 Å². The third kappa shape index (κ3) is 3.09. The van der Waals surface area contributed by atoms with Gasteiger partial charge in [0.05, 0.1) is 5.69 Å². The first-order valence-electron chi connectivity index (χ1n) is 7.19. The number of urea groups is 1. The van der Waals surface area contributed by atoms with Crippen molar-refractivity contribution in [3.8, 4) is 5.75 Å². The standard InChI is InChI=1S/C15H18N2O4/c18-13-10(14(19)20)2-1-3-11(13)16-15(21)17-12(8-4-5-8)9-6-7-9/h1-3,8-9,12,18H,4-7H2,(H,19,20)(H2,16,17,21). The molecule has 0 aromatic heterocycles. The van der Waals surface area contributed by atoms with Crippen LogP contribution in [-0.2, 0) is 0 Å². The van der Waals surface area contributed by atoms with Crippen molar-refractivity contribution in [2.45, 2.75) is 31.7 Å². The van der Waals surface area contributed by atoms with Gasteiger partial charge in [0.2, 0.25) is 0 Å². The number of nitrogens with one attached hydrogen (secondary N) is 2. The summed E-state index contributed by atoms with van der Waals surface area (Å²) in [6, 6.07) is 4.06. The van der Waals surface area contributed by atoms with Gasteiger partial charge in [0.25, 0.3) is 0 Å². The van der Waals surface area contributed by atoms with Gasteiger partial charge < -0.3 is 20.8 Å². The number of carbonyl (C=O) groups is 2. The molecule has 0 aliphatic heterocycles. The van der Waals surface area contributed by atoms with E-state index in [2.05, 4.69) is 10.6 Å². The molecule has 2 fully saturated rings. The predicted molar refractivity (Wildman–Crippen MR) is 76.5 cm³/mol. The number of hydrogen-bond acceptors (Lipinski definition) is 3. The van der Waals surface area contributed by atoms with Crippen molar-refractivity contribution < 1.29 is 19.8 Å². The zero-order valence-corrected chi connectivity index (χ0v) is 11.5. The second-order valence-electron chi connectivity index (χ2n) is 5.81. The summed E-state index contributed by atoms with van der Waals surface area (Å²) >= 11 is 0. The zero-order valence-electron chi connectivity index (χ0n) is 11.5. The van der Waals surface area contributed by atoms with Gasteiger partial charge >= 0.3 is 12.0 Å². The van der Waals surface area contributed by atoms with Crippen molar-refractivity contribution in [3.63, 3.8) is 0 Å². The Hall–Kier alpha value is -2.24. The average Bonchev–Trinajstić information content (AvgIpc) is 3.30. The van der Waals surface area contributed by atoms with Crippen LogP contribution in [0.4, 0.5) is 10.5 Å². The molecular weight excluding hydrogens is 272 g/mol. The highest BCUT2D eigenvalue weighted by Gasteiger charge is 2.42. The van der Waals surface area contributed by atoms with Gasteiger partial charge in [0.1, 0.15) is 5.56 Å². The number of carboxylic acid groups (broad SMARTS) is 1. The van der Waals surface area contributed by atoms with Crippen LogP contribution in [0, 0.1) is 11.8 Å². The Kier molecular flexibility index (Phi) is 3.45. The molecule has 2 aliphatic carbocycles. The molecule has 2 amide bonds. The number of aromatic carboxylic acids is 1. The molecule has 0 atom stereocenters. The van der Waals surface area contributed by atoms with Crippen LogP contribution in [0.15, 0.2) is 18.2 Å². The molecule has 2 aliphatic rings. The van der Waals surface area contributed by atoms with Crippen LogP contribution in [0.1, 0.15) is 36.0 Å². The molecule has 0 bridgehead atoms. The smallest absolute Gasteiger partial charge is 0.339 e. The molecule has 0 unspecified atom stereocenters. The third-order valence-electron chi connectivity index (χ3n) is 4.07. The van der Waals surface area contributed by atoms with Crippen LogP contribution in [0.3, 0.4) is 0 Å². The average molecular weight is 290 g/mol. The van der Waals surface area contributed by atoms with E-state index < -0.39 is 17.7 Å². The molecule has 4 N–H and O–H groups in total. The van der Waals surface area contributed by atoms with Gasteiger partial charge in [-0.3, -0.25) is 0 Å². The lowest BCUT2D eigenvalue weighted by Crippen LogP contribution is -2.40. The second-order valence-corrected chi connectivity index (χ2v) is 5.81. The fraction of sp³-hybridized carbons (Fsp3) is 0.467. The fourth-order valence-corrected chi connectivity index (χ4v) is 2.66. The summed E-state index contributed by atoms with van der Waals surface area (Å²) in [4.78, 5) is 23.0. The van der Waals surface area contributed by atoms with Gasteiger partial charge in [-0.05, 0) is 49.7 Å². The van der Waals surface area contributed by atoms with Gasteiger partial charge in [-0.25, -0.2) is 9.59 Å². The minimum atomic E-state index is -1.23. The summed E-state index contributed by atoms with van der Waals surface area (Å²) in [6.07, 6.45) is 4.62. The lowest BCUT2D eigenvalue weighted by atomic mass is 10.1. The van der Waals surface area contributed by atoms with Crippen LogP contribution in [0.5, 0.6) is 5.75 Å². The van der Waals surface area contributed by atoms with E-state index in [1.165, 1.54) is 18.2 Å². The molecular formula is C15H18N2O4. The predicted octanol–water partition coefficient (Wildman–Crippen LogP) is 2.40. The van der Waals surface area contributed by atoms with Crippen molar-refractivity contribution >= 4 is 17.7 Å². The number of anilines is 1. The molecule has 0 radical (unpaired) electrons. The first-order chi connectivity index (χ1) is 10.1. The number of phenols is 1. The highest BCUT2D eigenvalue weighted by molar-refractivity contribution is 5.97. The Morgan fingerprint density at radius 1 is 1.14 bits per heavy atom. The number of hydrogen-bond donors (Lipinski definition) is 4. The van der Waals surface area contributed by atoms with Crippen LogP contribution in [0.25, 0.3) is 0 Å². The molecule has 1 aromatic rings. The maximum Gasteiger partial charge on any atom is 0.339 e. The van der Waals surface area contributed by atoms with E-state index in [0.717, 1.165) is 25.7 Å². The van der Waals surface area contributed by atoms with E-state index in [0.29, 0.717) is 11.8 Å². The SMILES string of the molecule is O=C(Nc1cccc(C(=O)O)c1O)NC(C1CC1)C1CC1. The maximum atomic E-state index is 12.0. The van der Waals surface area contributed by atoms with E-state index >= 15 is 0 Å². The molecule has 1 aromatic carbocycles. The van der Waals surface area contributed by atoms with Gasteiger partial charge in [0, 0.05) is 6.04 Å². The minimum absolute atomic E-state index is 0.109. The Balaban J connectivity index is 1.67. The summed E-state index contributed by atoms with van der Waals surface area (Å²) < 4.78 is 0. The highest BCUT2D eigenvalue weighted by atomic mass is 16.4. The molecule has 0 spiro atoms. The summed E-state index contributed by atoms with van der Waals surface area (Å²) in [6.45, 7) is 0. The first kappa shape index (κ1) is 13.7. The van der Waals surface area contributed by atoms with E-state index in [-0.39, 0.29) is 17.3 Å². The molecule has 6 heteroatoms. The molecule has 0 heterocycles. The molecule has 3 rings (SSSR count). The van der Waals surface area contributed by atoms with Crippen molar-refractivity contribution in [2.75, 3.05) is 5.32 Å². The van der Waals surface area contributed by atoms with Crippen molar-refractivity contribution in [1.29, 1.82) is 0 Å². The van der Waals surface area contributed by atoms with Crippen molar-refractivity contribution in [3.05, 3.63) is 23.8 Å². The number of rotatable bonds is 5. The van der Waals surface area contributed by atoms with Crippen molar-refractivity contribution in [1.82, 2.24) is 5.32 Å². The first-order valence-corrected chi connectivity index (χ1v) is 7.19. The Morgan fingerprint density at radius 3 is 2.29 bits per heavy atom. The Labute approximate surface area is 122 Å². The lowest BCUT2D eigenvalue weighted by molar-refractivity contribution is 0.0693. The fourth-order valence-electron chi connectivity index (χ4n) is 2.66. The number of para-hydroxylation sites is 1. The topological polar surface area (TPSA) is 98.7 Å². The maximum absolute atomic E-state index is 12.0. The van der Waals surface area contributed by atoms with Crippen LogP contribution in [-0.4, -0.2) is 28.3 Å². The summed E-state index contributed by atoms with van der Waals surface area (Å²) in [5, 5.41) is 24.3. The molecule has 21 heavy (non-hydrogen) atoms. The summed E-state index contributed by atoms with van der Waals surface area (Å²) in [5.41, 5.74) is -0.119. The number of aromatic hydroxyl groups is 1. The third-order valence-corrected chi connectivity index (χ3v) is 4.07. The number of carboxylic acids is 1. The largest absolute Gasteiger partial charge is 0.505 e. The van der Waals surface area contributed by atoms with Crippen LogP contribution < -0.4 is 10.6 Å². The zero-order chi connectivity index (χ0) is 15.0. The molecule has 112 valence electrons. The number of carbonyl (C=O) groups excluding carboxylic acids is 1. The van der Waals surface area contributed by atoms with E-state index in [4.69, 9.17) is 5.11 Å². The number of benzene rings is 1. The normalized spacial score (nSPS) is 17.6. The van der Waals surface area contributed by atoms with Crippen LogP contribution in [0.2, 0.25) is 0 Å². The minimum Gasteiger partial charge on any atom is -0.505 e. The van der Waals surface area contributed by atoms with Gasteiger partial charge in [-0.15, -0.1) is 0 Å². The van der Waals surface area contributed by atoms with E-state index in [9.17, 15) is 14.7 Å². The van der Waals surface area contributed by atoms with E-state index in [1.807, 2.05) is 0 Å². The molecule has 0 saturated heterocycles. The number of amides is 2. The molecule has 2 saturated carbocycles. The highest BCUT2D eigenvalue weighted by Crippen LogP contribution is 2.44. The summed E-state index contributed by atoms with van der Waals surface area (Å²) in [7, 11) is 0. The van der Waals surface area contributed by atoms with Gasteiger partial charge in [-0.1, -0.05) is 6.07 Å². The van der Waals surface area contributed by atoms with Crippen LogP contribution >= 0.6 is 0 Å². The Morgan fingerprint density at radius 2 is 1.76 bits per heavy atom. The Bertz CT molecular complexity index is 567. The molecule has 6 nitrogen and oxygen atoms in total. The quantitative estimate of drug-likeness (QED) is 0.626. The summed E-state index contributed by atoms with van der Waals surface area (Å²) in [5.74, 6) is -0.510.